The van der Waals surface area contributed by atoms with E-state index in [1.54, 1.807) is 0 Å². The molecule has 1 aromatic rings. The quantitative estimate of drug-likeness (QED) is 0.872. The third kappa shape index (κ3) is 3.70. The molecule has 24 heavy (non-hydrogen) atoms. The summed E-state index contributed by atoms with van der Waals surface area (Å²) in [6.07, 6.45) is 5.45. The molecule has 1 fully saturated rings. The molecule has 3 rings (SSSR count). The Morgan fingerprint density at radius 2 is 2.25 bits per heavy atom. The second-order valence-electron chi connectivity index (χ2n) is 7.34. The molecule has 1 aromatic heterocycles. The lowest BCUT2D eigenvalue weighted by Gasteiger charge is -2.33. The summed E-state index contributed by atoms with van der Waals surface area (Å²) in [4.78, 5) is 4.85. The summed E-state index contributed by atoms with van der Waals surface area (Å²) in [5.41, 5.74) is 4.44. The number of pyridine rings is 1. The van der Waals surface area contributed by atoms with Gasteiger partial charge in [0.05, 0.1) is 11.7 Å². The monoisotopic (exact) mass is 345 g/mol. The highest BCUT2D eigenvalue weighted by molar-refractivity contribution is 7.99. The van der Waals surface area contributed by atoms with Crippen LogP contribution in [0.1, 0.15) is 62.4 Å². The van der Waals surface area contributed by atoms with Crippen LogP contribution >= 0.6 is 11.8 Å². The Labute approximate surface area is 149 Å². The summed E-state index contributed by atoms with van der Waals surface area (Å²) in [5.74, 6) is 1.73. The van der Waals surface area contributed by atoms with Crippen molar-refractivity contribution < 1.29 is 4.74 Å². The Balaban J connectivity index is 1.95. The standard InChI is InChI=1S/C19H27N3OS/c1-4-6-17-16-12-24-19(2,3)9-14(16)15(10-20)18(22-17)21-11-13-7-5-8-23-13/h13H,4-9,11-12H2,1-3H3,(H,21,22)/t13-/m1/s1. The van der Waals surface area contributed by atoms with Gasteiger partial charge in [0.1, 0.15) is 11.9 Å². The molecule has 1 N–H and O–H groups in total. The van der Waals surface area contributed by atoms with Crippen LogP contribution in [0.5, 0.6) is 0 Å². The Morgan fingerprint density at radius 1 is 1.42 bits per heavy atom. The van der Waals surface area contributed by atoms with Gasteiger partial charge in [0, 0.05) is 29.3 Å². The molecule has 0 saturated carbocycles. The first-order chi connectivity index (χ1) is 11.5. The third-order valence-corrected chi connectivity index (χ3v) is 6.19. The maximum atomic E-state index is 9.79. The number of aryl methyl sites for hydroxylation is 1. The van der Waals surface area contributed by atoms with Crippen molar-refractivity contribution in [3.8, 4) is 6.07 Å². The number of ether oxygens (including phenoxy) is 1. The van der Waals surface area contributed by atoms with Crippen LogP contribution in [0.15, 0.2) is 0 Å². The Morgan fingerprint density at radius 3 is 2.92 bits per heavy atom. The van der Waals surface area contributed by atoms with Crippen molar-refractivity contribution in [2.24, 2.45) is 0 Å². The van der Waals surface area contributed by atoms with E-state index in [0.717, 1.165) is 62.4 Å². The van der Waals surface area contributed by atoms with E-state index in [1.807, 2.05) is 11.8 Å². The average molecular weight is 346 g/mol. The van der Waals surface area contributed by atoms with E-state index in [9.17, 15) is 5.26 Å². The molecule has 130 valence electrons. The molecule has 2 aliphatic rings. The smallest absolute Gasteiger partial charge is 0.144 e. The second-order valence-corrected chi connectivity index (χ2v) is 9.02. The molecule has 0 amide bonds. The van der Waals surface area contributed by atoms with Crippen LogP contribution in [0.25, 0.3) is 0 Å². The largest absolute Gasteiger partial charge is 0.376 e. The lowest BCUT2D eigenvalue weighted by Crippen LogP contribution is -2.27. The number of aromatic nitrogens is 1. The van der Waals surface area contributed by atoms with Gasteiger partial charge in [-0.15, -0.1) is 0 Å². The lowest BCUT2D eigenvalue weighted by molar-refractivity contribution is 0.120. The minimum absolute atomic E-state index is 0.176. The van der Waals surface area contributed by atoms with Crippen molar-refractivity contribution in [2.45, 2.75) is 69.5 Å². The molecule has 0 aromatic carbocycles. The van der Waals surface area contributed by atoms with Crippen molar-refractivity contribution in [3.05, 3.63) is 22.4 Å². The molecule has 0 radical (unpaired) electrons. The molecule has 0 spiro atoms. The van der Waals surface area contributed by atoms with Gasteiger partial charge in [-0.1, -0.05) is 27.2 Å². The van der Waals surface area contributed by atoms with Crippen LogP contribution in [0.2, 0.25) is 0 Å². The SMILES string of the molecule is CCCc1nc(NC[C@H]2CCCO2)c(C#N)c2c1CSC(C)(C)C2. The van der Waals surface area contributed by atoms with E-state index >= 15 is 0 Å². The molecular weight excluding hydrogens is 318 g/mol. The van der Waals surface area contributed by atoms with Crippen LogP contribution in [-0.2, 0) is 23.3 Å². The molecule has 3 heterocycles. The fourth-order valence-corrected chi connectivity index (χ4v) is 4.67. The van der Waals surface area contributed by atoms with E-state index < -0.39 is 0 Å². The zero-order chi connectivity index (χ0) is 17.2. The Bertz CT molecular complexity index is 645. The number of nitrogens with one attached hydrogen (secondary N) is 1. The van der Waals surface area contributed by atoms with E-state index in [1.165, 1.54) is 16.8 Å². The predicted octanol–water partition coefficient (Wildman–Crippen LogP) is 4.06. The van der Waals surface area contributed by atoms with Gasteiger partial charge >= 0.3 is 0 Å². The van der Waals surface area contributed by atoms with Crippen molar-refractivity contribution in [1.82, 2.24) is 4.98 Å². The number of fused-ring (bicyclic) bond motifs is 1. The number of nitrogens with zero attached hydrogens (tertiary/aromatic N) is 2. The van der Waals surface area contributed by atoms with Gasteiger partial charge in [-0.2, -0.15) is 17.0 Å². The highest BCUT2D eigenvalue weighted by atomic mass is 32.2. The number of nitriles is 1. The van der Waals surface area contributed by atoms with Gasteiger partial charge < -0.3 is 10.1 Å². The normalized spacial score (nSPS) is 22.0. The van der Waals surface area contributed by atoms with Crippen LogP contribution in [-0.4, -0.2) is 29.0 Å². The minimum atomic E-state index is 0.176. The molecular formula is C19H27N3OS. The van der Waals surface area contributed by atoms with Gasteiger partial charge in [0.25, 0.3) is 0 Å². The Kier molecular flexibility index (Phi) is 5.36. The molecule has 1 saturated heterocycles. The predicted molar refractivity (Wildman–Crippen MR) is 99.5 cm³/mol. The van der Waals surface area contributed by atoms with E-state index in [0.29, 0.717) is 0 Å². The van der Waals surface area contributed by atoms with E-state index in [4.69, 9.17) is 9.72 Å². The molecule has 0 unspecified atom stereocenters. The van der Waals surface area contributed by atoms with Crippen molar-refractivity contribution in [3.63, 3.8) is 0 Å². The maximum Gasteiger partial charge on any atom is 0.144 e. The number of thioether (sulfide) groups is 1. The van der Waals surface area contributed by atoms with Crippen molar-refractivity contribution in [1.29, 1.82) is 5.26 Å². The number of hydrogen-bond acceptors (Lipinski definition) is 5. The van der Waals surface area contributed by atoms with Gasteiger partial charge in [-0.25, -0.2) is 4.98 Å². The van der Waals surface area contributed by atoms with Crippen molar-refractivity contribution >= 4 is 17.6 Å². The summed E-state index contributed by atoms with van der Waals surface area (Å²) in [6.45, 7) is 8.31. The highest BCUT2D eigenvalue weighted by Gasteiger charge is 2.31. The first kappa shape index (κ1) is 17.6. The molecule has 1 atom stereocenters. The summed E-state index contributed by atoms with van der Waals surface area (Å²) >= 11 is 1.97. The topological polar surface area (TPSA) is 57.9 Å². The molecule has 5 heteroatoms. The first-order valence-corrected chi connectivity index (χ1v) is 9.96. The van der Waals surface area contributed by atoms with Crippen molar-refractivity contribution in [2.75, 3.05) is 18.5 Å². The fraction of sp³-hybridized carbons (Fsp3) is 0.684. The molecule has 0 bridgehead atoms. The van der Waals surface area contributed by atoms with Gasteiger partial charge in [0.2, 0.25) is 0 Å². The Hall–Kier alpha value is -1.25. The van der Waals surface area contributed by atoms with E-state index in [-0.39, 0.29) is 10.9 Å². The van der Waals surface area contributed by atoms with Gasteiger partial charge in [-0.05, 0) is 36.8 Å². The van der Waals surface area contributed by atoms with Crippen LogP contribution in [0.3, 0.4) is 0 Å². The molecule has 2 aliphatic heterocycles. The zero-order valence-corrected chi connectivity index (χ0v) is 15.8. The number of hydrogen-bond donors (Lipinski definition) is 1. The summed E-state index contributed by atoms with van der Waals surface area (Å²) < 4.78 is 5.87. The number of anilines is 1. The fourth-order valence-electron chi connectivity index (χ4n) is 3.54. The molecule has 4 nitrogen and oxygen atoms in total. The summed E-state index contributed by atoms with van der Waals surface area (Å²) in [6, 6.07) is 2.43. The third-order valence-electron chi connectivity index (χ3n) is 4.83. The van der Waals surface area contributed by atoms with Crippen LogP contribution in [0, 0.1) is 11.3 Å². The lowest BCUT2D eigenvalue weighted by atomic mass is 9.91. The first-order valence-electron chi connectivity index (χ1n) is 8.98. The zero-order valence-electron chi connectivity index (χ0n) is 14.9. The maximum absolute atomic E-state index is 9.79. The van der Waals surface area contributed by atoms with Gasteiger partial charge in [0.15, 0.2) is 0 Å². The average Bonchev–Trinajstić information content (AvgIpc) is 3.05. The van der Waals surface area contributed by atoms with Crippen LogP contribution < -0.4 is 5.32 Å². The van der Waals surface area contributed by atoms with E-state index in [2.05, 4.69) is 32.2 Å². The number of rotatable bonds is 5. The second kappa shape index (κ2) is 7.33. The highest BCUT2D eigenvalue weighted by Crippen LogP contribution is 2.42. The summed E-state index contributed by atoms with van der Waals surface area (Å²) in [7, 11) is 0. The van der Waals surface area contributed by atoms with Crippen LogP contribution in [0.4, 0.5) is 5.82 Å². The molecule has 0 aliphatic carbocycles. The van der Waals surface area contributed by atoms with Gasteiger partial charge in [-0.3, -0.25) is 0 Å². The summed E-state index contributed by atoms with van der Waals surface area (Å²) in [5, 5.41) is 13.2. The minimum Gasteiger partial charge on any atom is -0.376 e.